The van der Waals surface area contributed by atoms with E-state index in [1.165, 1.54) is 13.0 Å². The maximum atomic E-state index is 14.8. The molecule has 2 unspecified atom stereocenters. The number of hydrogen-bond acceptors (Lipinski definition) is 3. The number of ether oxygens (including phenoxy) is 1. The van der Waals surface area contributed by atoms with E-state index < -0.39 is 35.1 Å². The van der Waals surface area contributed by atoms with Gasteiger partial charge >= 0.3 is 0 Å². The Morgan fingerprint density at radius 1 is 1.29 bits per heavy atom. The first-order valence-corrected chi connectivity index (χ1v) is 9.91. The zero-order valence-electron chi connectivity index (χ0n) is 16.0. The molecule has 0 radical (unpaired) electrons. The summed E-state index contributed by atoms with van der Waals surface area (Å²) in [6.45, 7) is 3.55. The molecule has 1 aromatic rings. The van der Waals surface area contributed by atoms with Crippen LogP contribution in [0.3, 0.4) is 0 Å². The predicted molar refractivity (Wildman–Crippen MR) is 101 cm³/mol. The van der Waals surface area contributed by atoms with Gasteiger partial charge in [0, 0.05) is 18.9 Å². The van der Waals surface area contributed by atoms with Crippen molar-refractivity contribution in [1.82, 2.24) is 10.6 Å². The summed E-state index contributed by atoms with van der Waals surface area (Å²) in [5, 5.41) is 5.36. The first kappa shape index (κ1) is 21.0. The van der Waals surface area contributed by atoms with Crippen molar-refractivity contribution in [3.63, 3.8) is 0 Å². The van der Waals surface area contributed by atoms with Gasteiger partial charge in [-0.2, -0.15) is 0 Å². The maximum absolute atomic E-state index is 14.8. The Labute approximate surface area is 168 Å². The summed E-state index contributed by atoms with van der Waals surface area (Å²) < 4.78 is 34.9. The topological polar surface area (TPSA) is 67.4 Å². The number of benzene rings is 1. The highest BCUT2D eigenvalue weighted by Crippen LogP contribution is 2.48. The van der Waals surface area contributed by atoms with Crippen molar-refractivity contribution in [2.75, 3.05) is 6.61 Å². The molecule has 1 aliphatic heterocycles. The van der Waals surface area contributed by atoms with Gasteiger partial charge in [-0.25, -0.2) is 8.78 Å². The number of hydrogen-bond donors (Lipinski definition) is 2. The van der Waals surface area contributed by atoms with Gasteiger partial charge in [-0.15, -0.1) is 0 Å². The van der Waals surface area contributed by atoms with E-state index in [1.807, 2.05) is 6.92 Å². The molecule has 1 aromatic carbocycles. The average molecular weight is 415 g/mol. The van der Waals surface area contributed by atoms with Gasteiger partial charge in [0.1, 0.15) is 17.7 Å². The SMILES string of the molecule is CC(=O)NC1COC(C(=O)N[C@H](c2c(F)ccc(Cl)c2F)C2(C)CCCC2)C1. The molecule has 1 aliphatic carbocycles. The highest BCUT2D eigenvalue weighted by atomic mass is 35.5. The van der Waals surface area contributed by atoms with Crippen LogP contribution in [0.15, 0.2) is 12.1 Å². The van der Waals surface area contributed by atoms with Crippen LogP contribution in [0.4, 0.5) is 8.78 Å². The van der Waals surface area contributed by atoms with Crippen molar-refractivity contribution in [2.24, 2.45) is 5.41 Å². The number of carbonyl (C=O) groups excluding carboxylic acids is 2. The molecule has 2 aliphatic rings. The molecule has 3 rings (SSSR count). The molecule has 1 heterocycles. The molecule has 3 atom stereocenters. The standard InChI is InChI=1S/C20H25ClF2N2O3/c1-11(26)24-12-9-15(28-10-12)19(27)25-18(20(2)7-3-4-8-20)16-14(22)6-5-13(21)17(16)23/h5-6,12,15,18H,3-4,7-10H2,1-2H3,(H,24,26)(H,25,27)/t12?,15?,18-/m1/s1. The second-order valence-corrected chi connectivity index (χ2v) is 8.42. The fourth-order valence-electron chi connectivity index (χ4n) is 4.31. The van der Waals surface area contributed by atoms with E-state index in [2.05, 4.69) is 10.6 Å². The van der Waals surface area contributed by atoms with Gasteiger partial charge in [-0.05, 0) is 30.4 Å². The summed E-state index contributed by atoms with van der Waals surface area (Å²) in [5.41, 5.74) is -0.695. The quantitative estimate of drug-likeness (QED) is 0.723. The largest absolute Gasteiger partial charge is 0.366 e. The molecule has 154 valence electrons. The van der Waals surface area contributed by atoms with Gasteiger partial charge in [0.15, 0.2) is 0 Å². The average Bonchev–Trinajstić information content (AvgIpc) is 3.27. The molecule has 1 saturated heterocycles. The maximum Gasteiger partial charge on any atom is 0.249 e. The minimum absolute atomic E-state index is 0.180. The van der Waals surface area contributed by atoms with Gasteiger partial charge < -0.3 is 15.4 Å². The number of rotatable bonds is 5. The Morgan fingerprint density at radius 3 is 2.61 bits per heavy atom. The fraction of sp³-hybridized carbons (Fsp3) is 0.600. The molecule has 28 heavy (non-hydrogen) atoms. The summed E-state index contributed by atoms with van der Waals surface area (Å²) >= 11 is 5.89. The van der Waals surface area contributed by atoms with Gasteiger partial charge in [0.25, 0.3) is 0 Å². The first-order valence-electron chi connectivity index (χ1n) is 9.54. The van der Waals surface area contributed by atoms with Crippen LogP contribution in [-0.2, 0) is 14.3 Å². The van der Waals surface area contributed by atoms with E-state index in [1.54, 1.807) is 0 Å². The third kappa shape index (κ3) is 4.30. The van der Waals surface area contributed by atoms with Crippen LogP contribution in [-0.4, -0.2) is 30.6 Å². The number of carbonyl (C=O) groups is 2. The zero-order valence-corrected chi connectivity index (χ0v) is 16.7. The molecular formula is C20H25ClF2N2O3. The van der Waals surface area contributed by atoms with Crippen molar-refractivity contribution in [3.05, 3.63) is 34.4 Å². The highest BCUT2D eigenvalue weighted by Gasteiger charge is 2.43. The summed E-state index contributed by atoms with van der Waals surface area (Å²) in [7, 11) is 0. The first-order chi connectivity index (χ1) is 13.2. The molecule has 0 spiro atoms. The number of nitrogens with one attached hydrogen (secondary N) is 2. The molecular weight excluding hydrogens is 390 g/mol. The van der Waals surface area contributed by atoms with E-state index >= 15 is 0 Å². The van der Waals surface area contributed by atoms with Crippen molar-refractivity contribution in [3.8, 4) is 0 Å². The normalized spacial score (nSPS) is 24.8. The van der Waals surface area contributed by atoms with E-state index in [4.69, 9.17) is 16.3 Å². The molecule has 2 amide bonds. The van der Waals surface area contributed by atoms with Crippen LogP contribution in [0, 0.1) is 17.0 Å². The summed E-state index contributed by atoms with van der Waals surface area (Å²) in [5.74, 6) is -2.22. The predicted octanol–water partition coefficient (Wildman–Crippen LogP) is 3.65. The third-order valence-electron chi connectivity index (χ3n) is 5.79. The van der Waals surface area contributed by atoms with Crippen molar-refractivity contribution in [2.45, 2.75) is 64.1 Å². The molecule has 1 saturated carbocycles. The van der Waals surface area contributed by atoms with Crippen LogP contribution in [0.25, 0.3) is 0 Å². The minimum Gasteiger partial charge on any atom is -0.366 e. The van der Waals surface area contributed by atoms with E-state index in [0.717, 1.165) is 31.7 Å². The van der Waals surface area contributed by atoms with Crippen LogP contribution < -0.4 is 10.6 Å². The Bertz CT molecular complexity index is 768. The van der Waals surface area contributed by atoms with Crippen molar-refractivity contribution >= 4 is 23.4 Å². The molecule has 2 fully saturated rings. The Hall–Kier alpha value is -1.73. The minimum atomic E-state index is -0.857. The van der Waals surface area contributed by atoms with Gasteiger partial charge in [0.2, 0.25) is 11.8 Å². The second-order valence-electron chi connectivity index (χ2n) is 8.01. The summed E-state index contributed by atoms with van der Waals surface area (Å²) in [6.07, 6.45) is 2.87. The lowest BCUT2D eigenvalue weighted by Gasteiger charge is -2.36. The van der Waals surface area contributed by atoms with E-state index in [0.29, 0.717) is 6.42 Å². The summed E-state index contributed by atoms with van der Waals surface area (Å²) in [4.78, 5) is 24.0. The lowest BCUT2D eigenvalue weighted by Crippen LogP contribution is -2.44. The van der Waals surface area contributed by atoms with Crippen LogP contribution in [0.1, 0.15) is 57.6 Å². The molecule has 0 aromatic heterocycles. The van der Waals surface area contributed by atoms with Gasteiger partial charge in [-0.3, -0.25) is 9.59 Å². The molecule has 5 nitrogen and oxygen atoms in total. The van der Waals surface area contributed by atoms with E-state index in [9.17, 15) is 18.4 Å². The Balaban J connectivity index is 1.84. The Kier molecular flexibility index (Phi) is 6.25. The highest BCUT2D eigenvalue weighted by molar-refractivity contribution is 6.30. The molecule has 0 bridgehead atoms. The molecule has 2 N–H and O–H groups in total. The van der Waals surface area contributed by atoms with Gasteiger partial charge in [0.05, 0.1) is 23.7 Å². The lowest BCUT2D eigenvalue weighted by molar-refractivity contribution is -0.131. The zero-order chi connectivity index (χ0) is 20.5. The van der Waals surface area contributed by atoms with E-state index in [-0.39, 0.29) is 29.1 Å². The van der Waals surface area contributed by atoms with Crippen LogP contribution in [0.2, 0.25) is 5.02 Å². The smallest absolute Gasteiger partial charge is 0.249 e. The van der Waals surface area contributed by atoms with Crippen molar-refractivity contribution < 1.29 is 23.1 Å². The number of amides is 2. The summed E-state index contributed by atoms with van der Waals surface area (Å²) in [6, 6.07) is 1.18. The fourth-order valence-corrected chi connectivity index (χ4v) is 4.47. The van der Waals surface area contributed by atoms with Gasteiger partial charge in [-0.1, -0.05) is 31.4 Å². The Morgan fingerprint density at radius 2 is 1.96 bits per heavy atom. The number of halogens is 3. The third-order valence-corrected chi connectivity index (χ3v) is 6.09. The lowest BCUT2D eigenvalue weighted by atomic mass is 9.76. The molecule has 8 heteroatoms. The van der Waals surface area contributed by atoms with Crippen LogP contribution >= 0.6 is 11.6 Å². The van der Waals surface area contributed by atoms with Crippen molar-refractivity contribution in [1.29, 1.82) is 0 Å². The second kappa shape index (κ2) is 8.33. The van der Waals surface area contributed by atoms with Crippen LogP contribution in [0.5, 0.6) is 0 Å². The monoisotopic (exact) mass is 414 g/mol.